The van der Waals surface area contributed by atoms with Crippen LogP contribution in [0.25, 0.3) is 0 Å². The Morgan fingerprint density at radius 3 is 2.70 bits per heavy atom. The lowest BCUT2D eigenvalue weighted by Gasteiger charge is -2.16. The molecule has 9 heteroatoms. The first-order valence-electron chi connectivity index (χ1n) is 8.35. The average Bonchev–Trinajstić information content (AvgIpc) is 2.65. The predicted molar refractivity (Wildman–Crippen MR) is 109 cm³/mol. The molecule has 0 saturated carbocycles. The molecule has 2 N–H and O–H groups in total. The monoisotopic (exact) mass is 487 g/mol. The normalized spacial score (nSPS) is 11.8. The number of carboxylic acids is 1. The first kappa shape index (κ1) is 21.2. The molecule has 2 rings (SSSR count). The van der Waals surface area contributed by atoms with Crippen LogP contribution in [0.15, 0.2) is 35.3 Å². The smallest absolute Gasteiger partial charge is 0.305 e. The molecule has 1 aromatic carbocycles. The Balaban J connectivity index is 1.98. The fraction of sp³-hybridized carbons (Fsp3) is 0.389. The van der Waals surface area contributed by atoms with Crippen LogP contribution in [0.4, 0.5) is 5.69 Å². The highest BCUT2D eigenvalue weighted by molar-refractivity contribution is 14.1. The Labute approximate surface area is 170 Å². The number of carbonyl (C=O) groups is 1. The number of methoxy groups -OCH3 is 1. The second kappa shape index (κ2) is 10.3. The van der Waals surface area contributed by atoms with Gasteiger partial charge in [0.15, 0.2) is 0 Å². The van der Waals surface area contributed by atoms with Crippen LogP contribution in [0.5, 0.6) is 5.75 Å². The van der Waals surface area contributed by atoms with Crippen LogP contribution in [0.3, 0.4) is 0 Å². The van der Waals surface area contributed by atoms with Crippen molar-refractivity contribution in [2.45, 2.75) is 25.9 Å². The minimum atomic E-state index is -0.894. The quantitative estimate of drug-likeness (QED) is 0.391. The number of nitrogens with zero attached hydrogens (tertiary/aromatic N) is 2. The van der Waals surface area contributed by atoms with Crippen LogP contribution in [0.2, 0.25) is 0 Å². The molecule has 1 aromatic heterocycles. The summed E-state index contributed by atoms with van der Waals surface area (Å²) in [6, 6.07) is 7.37. The molecule has 0 saturated heterocycles. The van der Waals surface area contributed by atoms with Gasteiger partial charge in [-0.15, -0.1) is 0 Å². The highest BCUT2D eigenvalue weighted by atomic mass is 127. The van der Waals surface area contributed by atoms with Crippen LogP contribution < -0.4 is 15.6 Å². The molecule has 0 amide bonds. The third-order valence-electron chi connectivity index (χ3n) is 3.71. The number of aromatic nitrogens is 2. The second-order valence-electron chi connectivity index (χ2n) is 5.95. The van der Waals surface area contributed by atoms with E-state index in [-0.39, 0.29) is 24.6 Å². The van der Waals surface area contributed by atoms with Gasteiger partial charge in [-0.25, -0.2) is 4.68 Å². The van der Waals surface area contributed by atoms with Crippen molar-refractivity contribution in [2.24, 2.45) is 0 Å². The largest absolute Gasteiger partial charge is 0.497 e. The van der Waals surface area contributed by atoms with Gasteiger partial charge in [-0.3, -0.25) is 9.59 Å². The summed E-state index contributed by atoms with van der Waals surface area (Å²) in [5.74, 6) is -0.137. The highest BCUT2D eigenvalue weighted by Gasteiger charge is 2.12. The van der Waals surface area contributed by atoms with Crippen molar-refractivity contribution in [3.8, 4) is 5.75 Å². The molecule has 0 bridgehead atoms. The summed E-state index contributed by atoms with van der Waals surface area (Å²) in [6.07, 6.45) is 1.58. The van der Waals surface area contributed by atoms with Gasteiger partial charge in [-0.05, 0) is 47.2 Å². The molecule has 0 fully saturated rings. The molecule has 0 spiro atoms. The lowest BCUT2D eigenvalue weighted by atomic mass is 10.2. The van der Waals surface area contributed by atoms with Gasteiger partial charge in [0.2, 0.25) is 0 Å². The van der Waals surface area contributed by atoms with Crippen molar-refractivity contribution in [3.63, 3.8) is 0 Å². The molecule has 0 aliphatic heterocycles. The first-order valence-corrected chi connectivity index (χ1v) is 9.43. The minimum Gasteiger partial charge on any atom is -0.497 e. The number of rotatable bonds is 10. The number of hydrogen-bond acceptors (Lipinski definition) is 6. The van der Waals surface area contributed by atoms with E-state index < -0.39 is 5.97 Å². The summed E-state index contributed by atoms with van der Waals surface area (Å²) < 4.78 is 12.4. The van der Waals surface area contributed by atoms with E-state index in [4.69, 9.17) is 14.6 Å². The zero-order chi connectivity index (χ0) is 19.8. The van der Waals surface area contributed by atoms with Gasteiger partial charge in [0, 0.05) is 6.04 Å². The van der Waals surface area contributed by atoms with E-state index in [0.29, 0.717) is 22.4 Å². The van der Waals surface area contributed by atoms with Crippen LogP contribution in [-0.4, -0.2) is 47.2 Å². The number of ether oxygens (including phenoxy) is 2. The first-order chi connectivity index (χ1) is 12.9. The summed E-state index contributed by atoms with van der Waals surface area (Å²) in [5, 5.41) is 16.0. The molecule has 27 heavy (non-hydrogen) atoms. The van der Waals surface area contributed by atoms with Crippen molar-refractivity contribution in [1.82, 2.24) is 9.78 Å². The summed E-state index contributed by atoms with van der Waals surface area (Å²) in [7, 11) is 1.60. The van der Waals surface area contributed by atoms with E-state index in [1.807, 2.05) is 53.8 Å². The van der Waals surface area contributed by atoms with Gasteiger partial charge in [0.25, 0.3) is 5.56 Å². The maximum atomic E-state index is 12.6. The maximum absolute atomic E-state index is 12.6. The third-order valence-corrected chi connectivity index (χ3v) is 4.75. The molecule has 2 aromatic rings. The number of carboxylic acid groups (broad SMARTS) is 1. The molecular weight excluding hydrogens is 465 g/mol. The van der Waals surface area contributed by atoms with Crippen molar-refractivity contribution >= 4 is 34.2 Å². The minimum absolute atomic E-state index is 0.0345. The number of aliphatic carboxylic acids is 1. The van der Waals surface area contributed by atoms with Crippen LogP contribution >= 0.6 is 22.6 Å². The molecular formula is C18H22IN3O5. The van der Waals surface area contributed by atoms with Gasteiger partial charge < -0.3 is 19.9 Å². The number of halogens is 1. The SMILES string of the molecule is COc1ccc(Cn2ncc(N[C@@H](C)COCCC(=O)O)c(I)c2=O)cc1. The lowest BCUT2D eigenvalue weighted by molar-refractivity contribution is -0.138. The number of benzene rings is 1. The van der Waals surface area contributed by atoms with Crippen LogP contribution in [0, 0.1) is 3.57 Å². The molecule has 8 nitrogen and oxygen atoms in total. The molecule has 1 atom stereocenters. The Kier molecular flexibility index (Phi) is 8.04. The number of hydrogen-bond donors (Lipinski definition) is 2. The molecule has 0 unspecified atom stereocenters. The third kappa shape index (κ3) is 6.51. The fourth-order valence-electron chi connectivity index (χ4n) is 2.31. The second-order valence-corrected chi connectivity index (χ2v) is 7.03. The predicted octanol–water partition coefficient (Wildman–Crippen LogP) is 2.20. The Morgan fingerprint density at radius 2 is 2.07 bits per heavy atom. The highest BCUT2D eigenvalue weighted by Crippen LogP contribution is 2.15. The van der Waals surface area contributed by atoms with Crippen molar-refractivity contribution in [1.29, 1.82) is 0 Å². The van der Waals surface area contributed by atoms with Gasteiger partial charge in [0.1, 0.15) is 9.32 Å². The Morgan fingerprint density at radius 1 is 1.37 bits per heavy atom. The topological polar surface area (TPSA) is 103 Å². The van der Waals surface area contributed by atoms with Gasteiger partial charge in [-0.1, -0.05) is 12.1 Å². The van der Waals surface area contributed by atoms with E-state index >= 15 is 0 Å². The zero-order valence-electron chi connectivity index (χ0n) is 15.1. The fourth-order valence-corrected chi connectivity index (χ4v) is 2.88. The Hall–Kier alpha value is -2.14. The van der Waals surface area contributed by atoms with E-state index in [1.165, 1.54) is 4.68 Å². The molecule has 0 aliphatic carbocycles. The molecule has 0 radical (unpaired) electrons. The van der Waals surface area contributed by atoms with Gasteiger partial charge in [-0.2, -0.15) is 5.10 Å². The van der Waals surface area contributed by atoms with Crippen LogP contribution in [0.1, 0.15) is 18.9 Å². The van der Waals surface area contributed by atoms with Gasteiger partial charge in [0.05, 0.1) is 45.2 Å². The molecule has 1 heterocycles. The van der Waals surface area contributed by atoms with E-state index in [1.54, 1.807) is 13.3 Å². The summed E-state index contributed by atoms with van der Waals surface area (Å²) in [5.41, 5.74) is 1.39. The van der Waals surface area contributed by atoms with E-state index in [2.05, 4.69) is 10.4 Å². The van der Waals surface area contributed by atoms with Crippen LogP contribution in [-0.2, 0) is 16.1 Å². The van der Waals surface area contributed by atoms with Crippen molar-refractivity contribution < 1.29 is 19.4 Å². The standard InChI is InChI=1S/C18H22IN3O5/c1-12(11-27-8-7-16(23)24)21-15-9-20-22(18(25)17(15)19)10-13-3-5-14(26-2)6-4-13/h3-6,9,12,21H,7-8,10-11H2,1-2H3,(H,23,24)/t12-/m0/s1. The average molecular weight is 487 g/mol. The molecule has 0 aliphatic rings. The summed E-state index contributed by atoms with van der Waals surface area (Å²) in [6.45, 7) is 2.74. The van der Waals surface area contributed by atoms with Gasteiger partial charge >= 0.3 is 5.97 Å². The number of anilines is 1. The lowest BCUT2D eigenvalue weighted by Crippen LogP contribution is -2.29. The summed E-state index contributed by atoms with van der Waals surface area (Å²) in [4.78, 5) is 23.0. The van der Waals surface area contributed by atoms with E-state index in [0.717, 1.165) is 11.3 Å². The van der Waals surface area contributed by atoms with Crippen molar-refractivity contribution in [2.75, 3.05) is 25.6 Å². The Bertz CT molecular complexity index is 823. The van der Waals surface area contributed by atoms with E-state index in [9.17, 15) is 9.59 Å². The maximum Gasteiger partial charge on any atom is 0.305 e. The number of nitrogens with one attached hydrogen (secondary N) is 1. The zero-order valence-corrected chi connectivity index (χ0v) is 17.3. The molecule has 146 valence electrons. The van der Waals surface area contributed by atoms with Crippen molar-refractivity contribution in [3.05, 3.63) is 49.9 Å². The summed E-state index contributed by atoms with van der Waals surface area (Å²) >= 11 is 2.00.